The van der Waals surface area contributed by atoms with E-state index in [9.17, 15) is 9.90 Å². The summed E-state index contributed by atoms with van der Waals surface area (Å²) in [6, 6.07) is 16.8. The lowest BCUT2D eigenvalue weighted by molar-refractivity contribution is 0.0690. The van der Waals surface area contributed by atoms with E-state index in [1.54, 1.807) is 16.5 Å². The molecule has 25 heavy (non-hydrogen) atoms. The van der Waals surface area contributed by atoms with Crippen molar-refractivity contribution >= 4 is 33.9 Å². The van der Waals surface area contributed by atoms with E-state index >= 15 is 0 Å². The summed E-state index contributed by atoms with van der Waals surface area (Å²) in [5.74, 6) is -1.00. The number of imidazole rings is 1. The predicted molar refractivity (Wildman–Crippen MR) is 101 cm³/mol. The molecule has 6 heteroatoms. The molecule has 2 aromatic heterocycles. The minimum Gasteiger partial charge on any atom is -0.476 e. The number of halogens is 1. The van der Waals surface area contributed by atoms with Crippen molar-refractivity contribution in [3.63, 3.8) is 0 Å². The highest BCUT2D eigenvalue weighted by Gasteiger charge is 2.25. The summed E-state index contributed by atoms with van der Waals surface area (Å²) in [5, 5.41) is 10.5. The van der Waals surface area contributed by atoms with Gasteiger partial charge in [-0.3, -0.25) is 4.40 Å². The van der Waals surface area contributed by atoms with Gasteiger partial charge in [0.25, 0.3) is 0 Å². The minimum atomic E-state index is -1.00. The predicted octanol–water partition coefficient (Wildman–Crippen LogP) is 5.39. The number of thiazole rings is 1. The van der Waals surface area contributed by atoms with Crippen molar-refractivity contribution < 1.29 is 9.90 Å². The highest BCUT2D eigenvalue weighted by Crippen LogP contribution is 2.36. The second-order valence-electron chi connectivity index (χ2n) is 5.61. The molecule has 0 aliphatic carbocycles. The van der Waals surface area contributed by atoms with E-state index in [-0.39, 0.29) is 5.69 Å². The van der Waals surface area contributed by atoms with Crippen LogP contribution >= 0.6 is 22.9 Å². The van der Waals surface area contributed by atoms with Crippen LogP contribution in [0.15, 0.2) is 54.6 Å². The second kappa shape index (κ2) is 6.02. The molecule has 0 atom stereocenters. The fourth-order valence-electron chi connectivity index (χ4n) is 2.95. The van der Waals surface area contributed by atoms with Crippen LogP contribution in [0.25, 0.3) is 27.5 Å². The number of nitrogens with zero attached hydrogens (tertiary/aromatic N) is 2. The molecule has 0 spiro atoms. The number of hydrogen-bond acceptors (Lipinski definition) is 3. The number of carboxylic acids is 1. The molecule has 0 saturated carbocycles. The molecule has 2 aromatic carbocycles. The van der Waals surface area contributed by atoms with Gasteiger partial charge in [0.1, 0.15) is 5.69 Å². The number of aromatic nitrogens is 2. The van der Waals surface area contributed by atoms with Gasteiger partial charge in [0.2, 0.25) is 0 Å². The van der Waals surface area contributed by atoms with Crippen molar-refractivity contribution in [2.24, 2.45) is 0 Å². The molecular weight excluding hydrogens is 356 g/mol. The Hall–Kier alpha value is -2.63. The smallest absolute Gasteiger partial charge is 0.355 e. The summed E-state index contributed by atoms with van der Waals surface area (Å²) in [4.78, 5) is 18.3. The molecule has 124 valence electrons. The first-order valence-corrected chi connectivity index (χ1v) is 8.82. The van der Waals surface area contributed by atoms with E-state index in [0.29, 0.717) is 15.7 Å². The third-order valence-electron chi connectivity index (χ3n) is 4.02. The van der Waals surface area contributed by atoms with Crippen molar-refractivity contribution in [3.05, 3.63) is 70.2 Å². The van der Waals surface area contributed by atoms with E-state index in [4.69, 9.17) is 11.6 Å². The first-order chi connectivity index (χ1) is 12.1. The van der Waals surface area contributed by atoms with Crippen LogP contribution in [0.4, 0.5) is 0 Å². The van der Waals surface area contributed by atoms with Crippen LogP contribution in [0, 0.1) is 6.92 Å². The number of carboxylic acid groups (broad SMARTS) is 1. The molecule has 0 saturated heterocycles. The van der Waals surface area contributed by atoms with Gasteiger partial charge in [-0.1, -0.05) is 54.1 Å². The molecule has 2 heterocycles. The van der Waals surface area contributed by atoms with E-state index in [0.717, 1.165) is 21.7 Å². The molecule has 4 rings (SSSR count). The quantitative estimate of drug-likeness (QED) is 0.527. The summed E-state index contributed by atoms with van der Waals surface area (Å²) in [5.41, 5.74) is 3.19. The van der Waals surface area contributed by atoms with Gasteiger partial charge in [-0.25, -0.2) is 9.78 Å². The van der Waals surface area contributed by atoms with Gasteiger partial charge in [-0.2, -0.15) is 0 Å². The van der Waals surface area contributed by atoms with Crippen molar-refractivity contribution in [3.8, 4) is 22.5 Å². The first kappa shape index (κ1) is 15.9. The zero-order chi connectivity index (χ0) is 17.6. The Morgan fingerprint density at radius 3 is 2.40 bits per heavy atom. The normalized spacial score (nSPS) is 11.1. The lowest BCUT2D eigenvalue weighted by Gasteiger charge is -2.06. The molecule has 0 aliphatic heterocycles. The number of rotatable bonds is 3. The van der Waals surface area contributed by atoms with Crippen LogP contribution in [0.1, 0.15) is 15.4 Å². The fraction of sp³-hybridized carbons (Fsp3) is 0.0526. The van der Waals surface area contributed by atoms with Gasteiger partial charge < -0.3 is 5.11 Å². The highest BCUT2D eigenvalue weighted by atomic mass is 35.5. The van der Waals surface area contributed by atoms with Crippen molar-refractivity contribution in [2.75, 3.05) is 0 Å². The summed E-state index contributed by atoms with van der Waals surface area (Å²) in [6.07, 6.45) is 0. The van der Waals surface area contributed by atoms with Crippen LogP contribution in [0.2, 0.25) is 5.02 Å². The van der Waals surface area contributed by atoms with Crippen LogP contribution < -0.4 is 0 Å². The molecule has 4 nitrogen and oxygen atoms in total. The highest BCUT2D eigenvalue weighted by molar-refractivity contribution is 7.17. The van der Waals surface area contributed by atoms with Gasteiger partial charge in [0, 0.05) is 15.5 Å². The Morgan fingerprint density at radius 1 is 1.08 bits per heavy atom. The van der Waals surface area contributed by atoms with Crippen LogP contribution in [0.5, 0.6) is 0 Å². The standard InChI is InChI=1S/C19H13ClN2O2S/c1-11-16(13-7-9-14(20)10-8-13)22-17(18(23)24)15(21-19(22)25-11)12-5-3-2-4-6-12/h2-10H,1H3,(H,23,24). The fourth-order valence-corrected chi connectivity index (χ4v) is 4.07. The maximum Gasteiger partial charge on any atom is 0.355 e. The largest absolute Gasteiger partial charge is 0.476 e. The molecule has 0 amide bonds. The van der Waals surface area contributed by atoms with Gasteiger partial charge in [-0.05, 0) is 24.6 Å². The lowest BCUT2D eigenvalue weighted by atomic mass is 10.1. The molecule has 1 N–H and O–H groups in total. The molecule has 0 fully saturated rings. The number of aromatic carboxylic acids is 1. The number of aryl methyl sites for hydroxylation is 1. The van der Waals surface area contributed by atoms with Gasteiger partial charge >= 0.3 is 5.97 Å². The maximum atomic E-state index is 12.0. The second-order valence-corrected chi connectivity index (χ2v) is 7.23. The SMILES string of the molecule is Cc1sc2nc(-c3ccccc3)c(C(=O)O)n2c1-c1ccc(Cl)cc1. The molecule has 0 unspecified atom stereocenters. The zero-order valence-corrected chi connectivity index (χ0v) is 14.8. The average Bonchev–Trinajstić information content (AvgIpc) is 3.11. The molecule has 4 aromatic rings. The van der Waals surface area contributed by atoms with E-state index in [1.807, 2.05) is 49.4 Å². The Bertz CT molecular complexity index is 1080. The summed E-state index contributed by atoms with van der Waals surface area (Å²) >= 11 is 7.47. The van der Waals surface area contributed by atoms with Gasteiger partial charge in [0.05, 0.1) is 5.69 Å². The van der Waals surface area contributed by atoms with Gasteiger partial charge in [-0.15, -0.1) is 11.3 Å². The number of carbonyl (C=O) groups is 1. The Kier molecular flexibility index (Phi) is 3.82. The molecule has 0 bridgehead atoms. The third-order valence-corrected chi connectivity index (χ3v) is 5.22. The Morgan fingerprint density at radius 2 is 1.76 bits per heavy atom. The molecule has 0 radical (unpaired) electrons. The van der Waals surface area contributed by atoms with Crippen molar-refractivity contribution in [2.45, 2.75) is 6.92 Å². The Balaban J connectivity index is 2.05. The minimum absolute atomic E-state index is 0.176. The van der Waals surface area contributed by atoms with E-state index in [2.05, 4.69) is 4.98 Å². The number of benzene rings is 2. The van der Waals surface area contributed by atoms with Crippen molar-refractivity contribution in [1.82, 2.24) is 9.38 Å². The number of fused-ring (bicyclic) bond motifs is 1. The average molecular weight is 369 g/mol. The third kappa shape index (κ3) is 2.62. The summed E-state index contributed by atoms with van der Waals surface area (Å²) in [6.45, 7) is 1.97. The van der Waals surface area contributed by atoms with Crippen LogP contribution in [-0.4, -0.2) is 20.5 Å². The first-order valence-electron chi connectivity index (χ1n) is 7.63. The van der Waals surface area contributed by atoms with Crippen LogP contribution in [0.3, 0.4) is 0 Å². The molecular formula is C19H13ClN2O2S. The van der Waals surface area contributed by atoms with E-state index in [1.165, 1.54) is 11.3 Å². The Labute approximate surface area is 153 Å². The summed E-state index contributed by atoms with van der Waals surface area (Å²) in [7, 11) is 0. The topological polar surface area (TPSA) is 54.6 Å². The lowest BCUT2D eigenvalue weighted by Crippen LogP contribution is -2.04. The zero-order valence-electron chi connectivity index (χ0n) is 13.2. The maximum absolute atomic E-state index is 12.0. The summed E-state index contributed by atoms with van der Waals surface area (Å²) < 4.78 is 1.73. The van der Waals surface area contributed by atoms with Crippen molar-refractivity contribution in [1.29, 1.82) is 0 Å². The van der Waals surface area contributed by atoms with Gasteiger partial charge in [0.15, 0.2) is 10.7 Å². The van der Waals surface area contributed by atoms with Crippen LogP contribution in [-0.2, 0) is 0 Å². The monoisotopic (exact) mass is 368 g/mol. The van der Waals surface area contributed by atoms with E-state index < -0.39 is 5.97 Å². The molecule has 0 aliphatic rings. The number of hydrogen-bond donors (Lipinski definition) is 1.